The number of amides is 1. The number of carbonyl (C=O) groups excluding carboxylic acids is 1. The van der Waals surface area contributed by atoms with Crippen molar-refractivity contribution in [1.82, 2.24) is 5.43 Å². The van der Waals surface area contributed by atoms with Crippen LogP contribution in [0.3, 0.4) is 0 Å². The molecule has 0 aromatic heterocycles. The van der Waals surface area contributed by atoms with Gasteiger partial charge in [0.25, 0.3) is 5.91 Å². The number of aromatic hydroxyl groups is 1. The molecule has 7 nitrogen and oxygen atoms in total. The van der Waals surface area contributed by atoms with Crippen LogP contribution in [-0.4, -0.2) is 37.6 Å². The Hall–Kier alpha value is -3.19. The average Bonchev–Trinajstić information content (AvgIpc) is 2.70. The summed E-state index contributed by atoms with van der Waals surface area (Å²) in [6.45, 7) is 6.07. The van der Waals surface area contributed by atoms with Crippen molar-refractivity contribution < 1.29 is 24.1 Å². The van der Waals surface area contributed by atoms with Gasteiger partial charge in [0.15, 0.2) is 23.0 Å². The summed E-state index contributed by atoms with van der Waals surface area (Å²) in [5, 5.41) is 13.9. The third kappa shape index (κ3) is 5.40. The zero-order valence-corrected chi connectivity index (χ0v) is 16.3. The summed E-state index contributed by atoms with van der Waals surface area (Å²) < 4.78 is 16.0. The largest absolute Gasteiger partial charge is 0.503 e. The van der Waals surface area contributed by atoms with Crippen molar-refractivity contribution in [1.29, 1.82) is 0 Å². The quantitative estimate of drug-likeness (QED) is 0.377. The van der Waals surface area contributed by atoms with E-state index >= 15 is 0 Å². The van der Waals surface area contributed by atoms with Crippen LogP contribution in [0.15, 0.2) is 48.1 Å². The van der Waals surface area contributed by atoms with Crippen LogP contribution in [0.5, 0.6) is 23.0 Å². The summed E-state index contributed by atoms with van der Waals surface area (Å²) in [5.41, 5.74) is 3.32. The van der Waals surface area contributed by atoms with Gasteiger partial charge >= 0.3 is 0 Å². The first-order valence-corrected chi connectivity index (χ1v) is 8.78. The highest BCUT2D eigenvalue weighted by atomic mass is 35.5. The van der Waals surface area contributed by atoms with E-state index in [2.05, 4.69) is 17.1 Å². The van der Waals surface area contributed by atoms with Crippen molar-refractivity contribution in [3.63, 3.8) is 0 Å². The number of hydrazone groups is 1. The second-order valence-corrected chi connectivity index (χ2v) is 5.85. The molecule has 28 heavy (non-hydrogen) atoms. The van der Waals surface area contributed by atoms with Gasteiger partial charge in [0.2, 0.25) is 0 Å². The minimum Gasteiger partial charge on any atom is -0.503 e. The van der Waals surface area contributed by atoms with E-state index < -0.39 is 5.91 Å². The van der Waals surface area contributed by atoms with Crippen molar-refractivity contribution in [3.8, 4) is 23.0 Å². The Labute approximate surface area is 168 Å². The molecule has 0 atom stereocenters. The van der Waals surface area contributed by atoms with Crippen molar-refractivity contribution in [2.24, 2.45) is 5.10 Å². The SMILES string of the molecule is C=CCOc1ccc(C(=O)N/N=C/c2cc(Cl)c(O)c(OCC)c2)cc1OC. The fraction of sp³-hybridized carbons (Fsp3) is 0.200. The zero-order chi connectivity index (χ0) is 20.5. The highest BCUT2D eigenvalue weighted by Gasteiger charge is 2.11. The topological polar surface area (TPSA) is 89.4 Å². The number of halogens is 1. The molecule has 2 aromatic carbocycles. The fourth-order valence-corrected chi connectivity index (χ4v) is 2.46. The van der Waals surface area contributed by atoms with Crippen LogP contribution in [0, 0.1) is 0 Å². The lowest BCUT2D eigenvalue weighted by Gasteiger charge is -2.10. The number of rotatable bonds is 9. The molecule has 0 fully saturated rings. The van der Waals surface area contributed by atoms with Gasteiger partial charge in [-0.2, -0.15) is 5.10 Å². The van der Waals surface area contributed by atoms with Crippen LogP contribution in [-0.2, 0) is 0 Å². The Kier molecular flexibility index (Phi) is 7.71. The van der Waals surface area contributed by atoms with E-state index in [1.807, 2.05) is 0 Å². The number of nitrogens with zero attached hydrogens (tertiary/aromatic N) is 1. The molecule has 2 rings (SSSR count). The highest BCUT2D eigenvalue weighted by Crippen LogP contribution is 2.34. The first-order chi connectivity index (χ1) is 13.5. The number of hydrogen-bond donors (Lipinski definition) is 2. The molecule has 0 heterocycles. The molecule has 0 radical (unpaired) electrons. The first-order valence-electron chi connectivity index (χ1n) is 8.40. The Balaban J connectivity index is 2.10. The van der Waals surface area contributed by atoms with Gasteiger partial charge in [0, 0.05) is 5.56 Å². The minimum atomic E-state index is -0.431. The molecule has 0 bridgehead atoms. The highest BCUT2D eigenvalue weighted by molar-refractivity contribution is 6.32. The van der Waals surface area contributed by atoms with Gasteiger partial charge < -0.3 is 19.3 Å². The van der Waals surface area contributed by atoms with Gasteiger partial charge in [-0.25, -0.2) is 5.43 Å². The Morgan fingerprint density at radius 2 is 2.04 bits per heavy atom. The summed E-state index contributed by atoms with van der Waals surface area (Å²) in [4.78, 5) is 12.3. The van der Waals surface area contributed by atoms with Gasteiger partial charge in [0.1, 0.15) is 6.61 Å². The molecule has 8 heteroatoms. The molecule has 0 aliphatic rings. The number of phenolic OH excluding ortho intramolecular Hbond substituents is 1. The molecule has 0 saturated carbocycles. The van der Waals surface area contributed by atoms with Gasteiger partial charge in [-0.1, -0.05) is 24.3 Å². The molecule has 2 aromatic rings. The van der Waals surface area contributed by atoms with Gasteiger partial charge in [-0.15, -0.1) is 0 Å². The van der Waals surface area contributed by atoms with E-state index in [1.54, 1.807) is 37.3 Å². The van der Waals surface area contributed by atoms with E-state index in [0.29, 0.717) is 35.8 Å². The number of benzene rings is 2. The van der Waals surface area contributed by atoms with E-state index in [-0.39, 0.29) is 16.5 Å². The molecule has 0 saturated heterocycles. The summed E-state index contributed by atoms with van der Waals surface area (Å²) in [7, 11) is 1.49. The number of hydrogen-bond acceptors (Lipinski definition) is 6. The van der Waals surface area contributed by atoms with Crippen molar-refractivity contribution >= 4 is 23.7 Å². The van der Waals surface area contributed by atoms with Gasteiger partial charge in [0.05, 0.1) is 25.0 Å². The number of phenols is 1. The summed E-state index contributed by atoms with van der Waals surface area (Å²) in [6, 6.07) is 7.85. The van der Waals surface area contributed by atoms with Crippen LogP contribution in [0.25, 0.3) is 0 Å². The lowest BCUT2D eigenvalue weighted by molar-refractivity contribution is 0.0954. The fourth-order valence-electron chi connectivity index (χ4n) is 2.24. The van der Waals surface area contributed by atoms with Crippen LogP contribution < -0.4 is 19.6 Å². The Bertz CT molecular complexity index is 883. The summed E-state index contributed by atoms with van der Waals surface area (Å²) in [5.74, 6) is 0.590. The summed E-state index contributed by atoms with van der Waals surface area (Å²) >= 11 is 5.97. The lowest BCUT2D eigenvalue weighted by Crippen LogP contribution is -2.17. The molecular formula is C20H21ClN2O5. The smallest absolute Gasteiger partial charge is 0.271 e. The predicted molar refractivity (Wildman–Crippen MR) is 108 cm³/mol. The molecular weight excluding hydrogens is 384 g/mol. The van der Waals surface area contributed by atoms with E-state index in [9.17, 15) is 9.90 Å². The van der Waals surface area contributed by atoms with E-state index in [1.165, 1.54) is 19.4 Å². The van der Waals surface area contributed by atoms with Gasteiger partial charge in [-0.05, 0) is 42.8 Å². The van der Waals surface area contributed by atoms with Crippen LogP contribution in [0.2, 0.25) is 5.02 Å². The number of ether oxygens (including phenoxy) is 3. The maximum Gasteiger partial charge on any atom is 0.271 e. The Morgan fingerprint density at radius 3 is 2.71 bits per heavy atom. The second kappa shape index (κ2) is 10.2. The molecule has 2 N–H and O–H groups in total. The lowest BCUT2D eigenvalue weighted by atomic mass is 10.2. The van der Waals surface area contributed by atoms with E-state index in [4.69, 9.17) is 25.8 Å². The number of methoxy groups -OCH3 is 1. The standard InChI is InChI=1S/C20H21ClN2O5/c1-4-8-28-16-7-6-14(11-17(16)26-3)20(25)23-22-12-13-9-15(21)19(24)18(10-13)27-5-2/h4,6-7,9-12,24H,1,5,8H2,2-3H3,(H,23,25)/b22-12+. The molecule has 148 valence electrons. The van der Waals surface area contributed by atoms with Crippen LogP contribution in [0.1, 0.15) is 22.8 Å². The molecule has 0 aliphatic carbocycles. The average molecular weight is 405 g/mol. The number of carbonyl (C=O) groups is 1. The van der Waals surface area contributed by atoms with Crippen molar-refractivity contribution in [3.05, 3.63) is 59.1 Å². The van der Waals surface area contributed by atoms with Crippen molar-refractivity contribution in [2.75, 3.05) is 20.3 Å². The Morgan fingerprint density at radius 1 is 1.25 bits per heavy atom. The van der Waals surface area contributed by atoms with Gasteiger partial charge in [-0.3, -0.25) is 4.79 Å². The third-order valence-electron chi connectivity index (χ3n) is 3.51. The minimum absolute atomic E-state index is 0.124. The first kappa shape index (κ1) is 21.1. The maximum atomic E-state index is 12.3. The normalized spacial score (nSPS) is 10.5. The molecule has 0 aliphatic heterocycles. The van der Waals surface area contributed by atoms with Crippen LogP contribution in [0.4, 0.5) is 0 Å². The van der Waals surface area contributed by atoms with Crippen LogP contribution >= 0.6 is 11.6 Å². The monoisotopic (exact) mass is 404 g/mol. The second-order valence-electron chi connectivity index (χ2n) is 5.45. The maximum absolute atomic E-state index is 12.3. The number of nitrogens with one attached hydrogen (secondary N) is 1. The summed E-state index contributed by atoms with van der Waals surface area (Å²) in [6.07, 6.45) is 3.01. The third-order valence-corrected chi connectivity index (χ3v) is 3.80. The van der Waals surface area contributed by atoms with E-state index in [0.717, 1.165) is 0 Å². The predicted octanol–water partition coefficient (Wildman–Crippen LogP) is 3.78. The van der Waals surface area contributed by atoms with Crippen molar-refractivity contribution in [2.45, 2.75) is 6.92 Å². The zero-order valence-electron chi connectivity index (χ0n) is 15.6. The molecule has 0 unspecified atom stereocenters. The molecule has 0 spiro atoms. The molecule has 1 amide bonds.